The Morgan fingerprint density at radius 2 is 1.62 bits per heavy atom. The normalized spacial score (nSPS) is 11.3. The van der Waals surface area contributed by atoms with Gasteiger partial charge in [0.15, 0.2) is 11.5 Å². The SMILES string of the molecule is COc1ccc(S(=O)(=O)N(CCc2ccccc2)CC(=O)NCc2ccccc2Cl)cc1OC. The molecule has 180 valence electrons. The summed E-state index contributed by atoms with van der Waals surface area (Å²) in [5, 5.41) is 3.29. The van der Waals surface area contributed by atoms with Gasteiger partial charge in [-0.2, -0.15) is 4.31 Å². The number of amides is 1. The molecule has 7 nitrogen and oxygen atoms in total. The van der Waals surface area contributed by atoms with E-state index in [0.717, 1.165) is 11.1 Å². The minimum Gasteiger partial charge on any atom is -0.493 e. The highest BCUT2D eigenvalue weighted by Gasteiger charge is 2.27. The third-order valence-electron chi connectivity index (χ3n) is 5.24. The Kier molecular flexibility index (Phi) is 8.92. The molecule has 0 bridgehead atoms. The van der Waals surface area contributed by atoms with E-state index in [1.165, 1.54) is 36.7 Å². The van der Waals surface area contributed by atoms with E-state index in [1.807, 2.05) is 36.4 Å². The van der Waals surface area contributed by atoms with Gasteiger partial charge in [0.1, 0.15) is 0 Å². The number of carbonyl (C=O) groups is 1. The van der Waals surface area contributed by atoms with Crippen LogP contribution in [0.1, 0.15) is 11.1 Å². The molecule has 3 aromatic carbocycles. The van der Waals surface area contributed by atoms with Crippen LogP contribution in [0.15, 0.2) is 77.7 Å². The molecule has 9 heteroatoms. The van der Waals surface area contributed by atoms with Crippen molar-refractivity contribution in [1.29, 1.82) is 0 Å². The van der Waals surface area contributed by atoms with Crippen LogP contribution >= 0.6 is 11.6 Å². The first kappa shape index (κ1) is 25.6. The maximum Gasteiger partial charge on any atom is 0.243 e. The van der Waals surface area contributed by atoms with Crippen LogP contribution in [-0.4, -0.2) is 45.9 Å². The van der Waals surface area contributed by atoms with Crippen LogP contribution in [0.3, 0.4) is 0 Å². The topological polar surface area (TPSA) is 84.9 Å². The Bertz CT molecular complexity index is 1220. The zero-order valence-corrected chi connectivity index (χ0v) is 20.6. The lowest BCUT2D eigenvalue weighted by Crippen LogP contribution is -2.41. The molecule has 0 unspecified atom stereocenters. The number of methoxy groups -OCH3 is 2. The summed E-state index contributed by atoms with van der Waals surface area (Å²) in [6, 6.07) is 21.0. The molecule has 3 aromatic rings. The second-order valence-electron chi connectivity index (χ2n) is 7.46. The zero-order valence-electron chi connectivity index (χ0n) is 19.0. The van der Waals surface area contributed by atoms with Crippen LogP contribution in [0, 0.1) is 0 Å². The summed E-state index contributed by atoms with van der Waals surface area (Å²) in [6.45, 7) is -0.0182. The number of ether oxygens (including phenoxy) is 2. The van der Waals surface area contributed by atoms with Crippen molar-refractivity contribution in [2.24, 2.45) is 0 Å². The van der Waals surface area contributed by atoms with Crippen LogP contribution < -0.4 is 14.8 Å². The summed E-state index contributed by atoms with van der Waals surface area (Å²) < 4.78 is 38.7. The van der Waals surface area contributed by atoms with Crippen molar-refractivity contribution in [1.82, 2.24) is 9.62 Å². The van der Waals surface area contributed by atoms with E-state index in [-0.39, 0.29) is 30.3 Å². The van der Waals surface area contributed by atoms with Gasteiger partial charge in [-0.3, -0.25) is 4.79 Å². The highest BCUT2D eigenvalue weighted by Crippen LogP contribution is 2.30. The predicted molar refractivity (Wildman–Crippen MR) is 132 cm³/mol. The van der Waals surface area contributed by atoms with Gasteiger partial charge < -0.3 is 14.8 Å². The van der Waals surface area contributed by atoms with Crippen LogP contribution in [0.5, 0.6) is 11.5 Å². The molecule has 0 spiro atoms. The molecule has 0 heterocycles. The van der Waals surface area contributed by atoms with E-state index in [9.17, 15) is 13.2 Å². The van der Waals surface area contributed by atoms with E-state index in [2.05, 4.69) is 5.32 Å². The summed E-state index contributed by atoms with van der Waals surface area (Å²) in [7, 11) is -1.10. The monoisotopic (exact) mass is 502 g/mol. The number of hydrogen-bond donors (Lipinski definition) is 1. The maximum absolute atomic E-state index is 13.5. The Balaban J connectivity index is 1.82. The molecule has 0 saturated heterocycles. The average molecular weight is 503 g/mol. The number of carbonyl (C=O) groups excluding carboxylic acids is 1. The molecule has 0 aromatic heterocycles. The molecule has 1 amide bonds. The zero-order chi connectivity index (χ0) is 24.6. The van der Waals surface area contributed by atoms with Crippen LogP contribution in [0.4, 0.5) is 0 Å². The highest BCUT2D eigenvalue weighted by atomic mass is 35.5. The molecular weight excluding hydrogens is 476 g/mol. The van der Waals surface area contributed by atoms with E-state index in [0.29, 0.717) is 17.2 Å². The Hall–Kier alpha value is -3.07. The van der Waals surface area contributed by atoms with Crippen molar-refractivity contribution in [2.75, 3.05) is 27.3 Å². The second kappa shape index (κ2) is 11.9. The summed E-state index contributed by atoms with van der Waals surface area (Å²) in [6.07, 6.45) is 0.450. The summed E-state index contributed by atoms with van der Waals surface area (Å²) in [5.74, 6) is 0.265. The lowest BCUT2D eigenvalue weighted by Gasteiger charge is -2.22. The summed E-state index contributed by atoms with van der Waals surface area (Å²) >= 11 is 6.16. The quantitative estimate of drug-likeness (QED) is 0.430. The van der Waals surface area contributed by atoms with Gasteiger partial charge in [0, 0.05) is 24.2 Å². The lowest BCUT2D eigenvalue weighted by atomic mass is 10.1. The minimum absolute atomic E-state index is 0.0112. The summed E-state index contributed by atoms with van der Waals surface area (Å²) in [5.41, 5.74) is 1.71. The van der Waals surface area contributed by atoms with Gasteiger partial charge in [-0.25, -0.2) is 8.42 Å². The van der Waals surface area contributed by atoms with Crippen molar-refractivity contribution < 1.29 is 22.7 Å². The molecule has 0 aliphatic rings. The third kappa shape index (κ3) is 6.50. The van der Waals surface area contributed by atoms with E-state index in [1.54, 1.807) is 18.2 Å². The molecule has 1 N–H and O–H groups in total. The van der Waals surface area contributed by atoms with Crippen LogP contribution in [0.2, 0.25) is 5.02 Å². The van der Waals surface area contributed by atoms with Crippen LogP contribution in [-0.2, 0) is 27.8 Å². The van der Waals surface area contributed by atoms with Crippen molar-refractivity contribution in [3.05, 3.63) is 88.9 Å². The first-order valence-electron chi connectivity index (χ1n) is 10.6. The number of rotatable bonds is 11. The molecule has 0 saturated carbocycles. The molecule has 0 radical (unpaired) electrons. The fourth-order valence-corrected chi connectivity index (χ4v) is 4.98. The second-order valence-corrected chi connectivity index (χ2v) is 9.80. The van der Waals surface area contributed by atoms with Gasteiger partial charge in [0.2, 0.25) is 15.9 Å². The van der Waals surface area contributed by atoms with Gasteiger partial charge in [-0.05, 0) is 35.7 Å². The predicted octanol–water partition coefficient (Wildman–Crippen LogP) is 3.91. The van der Waals surface area contributed by atoms with Crippen molar-refractivity contribution in [3.8, 4) is 11.5 Å². The van der Waals surface area contributed by atoms with Gasteiger partial charge in [-0.15, -0.1) is 0 Å². The van der Waals surface area contributed by atoms with Crippen molar-refractivity contribution >= 4 is 27.5 Å². The fraction of sp³-hybridized carbons (Fsp3) is 0.240. The maximum atomic E-state index is 13.5. The fourth-order valence-electron chi connectivity index (χ4n) is 3.36. The smallest absolute Gasteiger partial charge is 0.243 e. The van der Waals surface area contributed by atoms with Gasteiger partial charge in [-0.1, -0.05) is 60.1 Å². The van der Waals surface area contributed by atoms with Crippen LogP contribution in [0.25, 0.3) is 0 Å². The Morgan fingerprint density at radius 3 is 2.29 bits per heavy atom. The third-order valence-corrected chi connectivity index (χ3v) is 7.45. The summed E-state index contributed by atoms with van der Waals surface area (Å²) in [4.78, 5) is 12.8. The standard InChI is InChI=1S/C25H27ClN2O5S/c1-32-23-13-12-21(16-24(23)33-2)34(30,31)28(15-14-19-8-4-3-5-9-19)18-25(29)27-17-20-10-6-7-11-22(20)26/h3-13,16H,14-15,17-18H2,1-2H3,(H,27,29). The Morgan fingerprint density at radius 1 is 0.941 bits per heavy atom. The number of nitrogens with one attached hydrogen (secondary N) is 1. The largest absolute Gasteiger partial charge is 0.493 e. The molecule has 34 heavy (non-hydrogen) atoms. The molecular formula is C25H27ClN2O5S. The van der Waals surface area contributed by atoms with Gasteiger partial charge >= 0.3 is 0 Å². The highest BCUT2D eigenvalue weighted by molar-refractivity contribution is 7.89. The molecule has 0 aliphatic carbocycles. The van der Waals surface area contributed by atoms with Crippen molar-refractivity contribution in [3.63, 3.8) is 0 Å². The number of nitrogens with zero attached hydrogens (tertiary/aromatic N) is 1. The number of benzene rings is 3. The number of halogens is 1. The number of sulfonamides is 1. The van der Waals surface area contributed by atoms with E-state index in [4.69, 9.17) is 21.1 Å². The first-order chi connectivity index (χ1) is 16.3. The lowest BCUT2D eigenvalue weighted by molar-refractivity contribution is -0.121. The van der Waals surface area contributed by atoms with Gasteiger partial charge in [0.25, 0.3) is 0 Å². The van der Waals surface area contributed by atoms with Crippen molar-refractivity contribution in [2.45, 2.75) is 17.9 Å². The number of hydrogen-bond acceptors (Lipinski definition) is 5. The molecule has 3 rings (SSSR count). The Labute approximate surface area is 205 Å². The average Bonchev–Trinajstić information content (AvgIpc) is 2.86. The molecule has 0 atom stereocenters. The van der Waals surface area contributed by atoms with Gasteiger partial charge in [0.05, 0.1) is 25.7 Å². The molecule has 0 aliphatic heterocycles. The minimum atomic E-state index is -4.00. The van der Waals surface area contributed by atoms with E-state index < -0.39 is 15.9 Å². The van der Waals surface area contributed by atoms with E-state index >= 15 is 0 Å². The first-order valence-corrected chi connectivity index (χ1v) is 12.4. The molecule has 0 fully saturated rings.